The van der Waals surface area contributed by atoms with Crippen molar-refractivity contribution in [1.82, 2.24) is 4.90 Å². The Morgan fingerprint density at radius 2 is 1.85 bits per heavy atom. The molecule has 1 fully saturated rings. The van der Waals surface area contributed by atoms with Crippen LogP contribution in [0.2, 0.25) is 0 Å². The van der Waals surface area contributed by atoms with E-state index in [1.54, 1.807) is 36.4 Å². The summed E-state index contributed by atoms with van der Waals surface area (Å²) in [6.07, 6.45) is 1.63. The second-order valence-electron chi connectivity index (χ2n) is 7.59. The summed E-state index contributed by atoms with van der Waals surface area (Å²) in [4.78, 5) is 27.4. The molecule has 0 aromatic heterocycles. The second-order valence-corrected chi connectivity index (χ2v) is 7.59. The van der Waals surface area contributed by atoms with Crippen molar-refractivity contribution in [2.75, 3.05) is 33.5 Å². The predicted molar refractivity (Wildman–Crippen MR) is 125 cm³/mol. The molecule has 2 aromatic carbocycles. The summed E-state index contributed by atoms with van der Waals surface area (Å²) in [5.74, 6) is -0.643. The number of carbonyl (C=O) groups is 2. The number of benzene rings is 2. The van der Waals surface area contributed by atoms with E-state index in [0.29, 0.717) is 35.8 Å². The van der Waals surface area contributed by atoms with Crippen molar-refractivity contribution in [3.8, 4) is 11.5 Å². The van der Waals surface area contributed by atoms with Crippen LogP contribution in [-0.2, 0) is 14.3 Å². The second kappa shape index (κ2) is 10.8. The molecule has 174 valence electrons. The highest BCUT2D eigenvalue weighted by molar-refractivity contribution is 6.46. The number of aliphatic hydroxyl groups is 1. The number of nitrogens with zero attached hydrogens (tertiary/aromatic N) is 1. The summed E-state index contributed by atoms with van der Waals surface area (Å²) >= 11 is 0. The van der Waals surface area contributed by atoms with Gasteiger partial charge in [-0.15, -0.1) is 0 Å². The topological polar surface area (TPSA) is 85.3 Å². The molecule has 1 atom stereocenters. The van der Waals surface area contributed by atoms with Crippen LogP contribution in [0.5, 0.6) is 11.5 Å². The molecule has 1 saturated heterocycles. The lowest BCUT2D eigenvalue weighted by Crippen LogP contribution is -2.32. The maximum absolute atomic E-state index is 13.0. The van der Waals surface area contributed by atoms with E-state index in [4.69, 9.17) is 14.2 Å². The zero-order chi connectivity index (χ0) is 24.0. The third-order valence-corrected chi connectivity index (χ3v) is 5.34. The van der Waals surface area contributed by atoms with Crippen LogP contribution >= 0.6 is 0 Å². The maximum atomic E-state index is 13.0. The third kappa shape index (κ3) is 5.09. The standard InChI is InChI=1S/C26H29NO6/c1-5-14-33-20-12-11-19(16-21(20)32-6-2)23-22(24(28)18-9-7-17(3)8-10-18)25(29)26(30)27(23)13-15-31-4/h5,7-12,16,23,28H,1,6,13-15H2,2-4H3. The Kier molecular flexibility index (Phi) is 7.90. The minimum atomic E-state index is -0.797. The van der Waals surface area contributed by atoms with Crippen molar-refractivity contribution in [2.24, 2.45) is 0 Å². The SMILES string of the molecule is C=CCOc1ccc(C2C(=C(O)c3ccc(C)cc3)C(=O)C(=O)N2CCOC)cc1OCC. The van der Waals surface area contributed by atoms with Gasteiger partial charge in [0.25, 0.3) is 11.7 Å². The van der Waals surface area contributed by atoms with Gasteiger partial charge in [0, 0.05) is 19.2 Å². The van der Waals surface area contributed by atoms with Crippen LogP contribution in [0.3, 0.4) is 0 Å². The summed E-state index contributed by atoms with van der Waals surface area (Å²) in [6.45, 7) is 8.58. The number of methoxy groups -OCH3 is 1. The molecule has 3 rings (SSSR count). The van der Waals surface area contributed by atoms with E-state index in [0.717, 1.165) is 5.56 Å². The molecule has 1 unspecified atom stereocenters. The predicted octanol–water partition coefficient (Wildman–Crippen LogP) is 4.03. The highest BCUT2D eigenvalue weighted by atomic mass is 16.5. The molecule has 0 aliphatic carbocycles. The van der Waals surface area contributed by atoms with Gasteiger partial charge < -0.3 is 24.2 Å². The molecule has 1 amide bonds. The molecule has 0 bridgehead atoms. The monoisotopic (exact) mass is 451 g/mol. The van der Waals surface area contributed by atoms with Crippen molar-refractivity contribution in [2.45, 2.75) is 19.9 Å². The Balaban J connectivity index is 2.15. The average molecular weight is 452 g/mol. The molecule has 0 radical (unpaired) electrons. The van der Waals surface area contributed by atoms with Gasteiger partial charge in [-0.25, -0.2) is 0 Å². The summed E-state index contributed by atoms with van der Waals surface area (Å²) < 4.78 is 16.6. The number of likely N-dealkylation sites (tertiary alicyclic amines) is 1. The number of aliphatic hydroxyl groups excluding tert-OH is 1. The van der Waals surface area contributed by atoms with Crippen LogP contribution in [0.4, 0.5) is 0 Å². The molecule has 7 heteroatoms. The summed E-state index contributed by atoms with van der Waals surface area (Å²) in [5, 5.41) is 11.1. The van der Waals surface area contributed by atoms with E-state index in [9.17, 15) is 14.7 Å². The normalized spacial score (nSPS) is 17.3. The summed E-state index contributed by atoms with van der Waals surface area (Å²) in [7, 11) is 1.52. The molecule has 1 aliphatic heterocycles. The van der Waals surface area contributed by atoms with Gasteiger partial charge in [-0.1, -0.05) is 48.6 Å². The number of hydrogen-bond acceptors (Lipinski definition) is 6. The molecule has 1 N–H and O–H groups in total. The fourth-order valence-corrected chi connectivity index (χ4v) is 3.74. The first kappa shape index (κ1) is 24.1. The molecular formula is C26H29NO6. The van der Waals surface area contributed by atoms with Crippen molar-refractivity contribution in [3.63, 3.8) is 0 Å². The van der Waals surface area contributed by atoms with Crippen LogP contribution in [-0.4, -0.2) is 55.2 Å². The van der Waals surface area contributed by atoms with Gasteiger partial charge in [-0.3, -0.25) is 9.59 Å². The number of carbonyl (C=O) groups excluding carboxylic acids is 2. The Hall–Kier alpha value is -3.58. The lowest BCUT2D eigenvalue weighted by atomic mass is 9.94. The smallest absolute Gasteiger partial charge is 0.295 e. The first-order valence-electron chi connectivity index (χ1n) is 10.8. The van der Waals surface area contributed by atoms with Crippen LogP contribution in [0, 0.1) is 6.92 Å². The first-order chi connectivity index (χ1) is 15.9. The number of ketones is 1. The van der Waals surface area contributed by atoms with E-state index in [1.807, 2.05) is 26.0 Å². The first-order valence-corrected chi connectivity index (χ1v) is 10.8. The lowest BCUT2D eigenvalue weighted by Gasteiger charge is -2.26. The molecule has 1 aliphatic rings. The molecule has 33 heavy (non-hydrogen) atoms. The Morgan fingerprint density at radius 1 is 1.12 bits per heavy atom. The molecule has 0 saturated carbocycles. The van der Waals surface area contributed by atoms with Gasteiger partial charge in [-0.05, 0) is 31.5 Å². The van der Waals surface area contributed by atoms with Gasteiger partial charge >= 0.3 is 0 Å². The fourth-order valence-electron chi connectivity index (χ4n) is 3.74. The zero-order valence-corrected chi connectivity index (χ0v) is 19.2. The Labute approximate surface area is 193 Å². The van der Waals surface area contributed by atoms with Crippen molar-refractivity contribution >= 4 is 17.4 Å². The van der Waals surface area contributed by atoms with Crippen LogP contribution in [0.15, 0.2) is 60.7 Å². The zero-order valence-electron chi connectivity index (χ0n) is 19.2. The largest absolute Gasteiger partial charge is 0.507 e. The minimum absolute atomic E-state index is 0.0298. The highest BCUT2D eigenvalue weighted by Gasteiger charge is 2.46. The van der Waals surface area contributed by atoms with Gasteiger partial charge in [0.05, 0.1) is 24.8 Å². The lowest BCUT2D eigenvalue weighted by molar-refractivity contribution is -0.140. The van der Waals surface area contributed by atoms with E-state index in [1.165, 1.54) is 12.0 Å². The maximum Gasteiger partial charge on any atom is 0.295 e. The molecular weight excluding hydrogens is 422 g/mol. The number of Topliss-reactive ketones (excluding diaryl/α,β-unsaturated/α-hetero) is 1. The number of ether oxygens (including phenoxy) is 3. The van der Waals surface area contributed by atoms with E-state index < -0.39 is 17.7 Å². The third-order valence-electron chi connectivity index (χ3n) is 5.34. The molecule has 0 spiro atoms. The van der Waals surface area contributed by atoms with Crippen LogP contribution in [0.1, 0.15) is 29.7 Å². The summed E-state index contributed by atoms with van der Waals surface area (Å²) in [5.41, 5.74) is 2.13. The van der Waals surface area contributed by atoms with E-state index in [2.05, 4.69) is 6.58 Å². The number of amides is 1. The molecule has 7 nitrogen and oxygen atoms in total. The number of rotatable bonds is 10. The minimum Gasteiger partial charge on any atom is -0.507 e. The number of hydrogen-bond donors (Lipinski definition) is 1. The quantitative estimate of drug-likeness (QED) is 0.254. The van der Waals surface area contributed by atoms with Gasteiger partial charge in [-0.2, -0.15) is 0 Å². The highest BCUT2D eigenvalue weighted by Crippen LogP contribution is 2.42. The van der Waals surface area contributed by atoms with Gasteiger partial charge in [0.2, 0.25) is 0 Å². The Bertz CT molecular complexity index is 1060. The van der Waals surface area contributed by atoms with Crippen LogP contribution in [0.25, 0.3) is 5.76 Å². The molecule has 1 heterocycles. The Morgan fingerprint density at radius 3 is 2.48 bits per heavy atom. The van der Waals surface area contributed by atoms with Crippen molar-refractivity contribution < 1.29 is 28.9 Å². The van der Waals surface area contributed by atoms with Gasteiger partial charge in [0.1, 0.15) is 12.4 Å². The van der Waals surface area contributed by atoms with Crippen molar-refractivity contribution in [3.05, 3.63) is 77.4 Å². The van der Waals surface area contributed by atoms with Crippen molar-refractivity contribution in [1.29, 1.82) is 0 Å². The average Bonchev–Trinajstić information content (AvgIpc) is 3.07. The number of aryl methyl sites for hydroxylation is 1. The van der Waals surface area contributed by atoms with Crippen LogP contribution < -0.4 is 9.47 Å². The van der Waals surface area contributed by atoms with E-state index in [-0.39, 0.29) is 24.5 Å². The fraction of sp³-hybridized carbons (Fsp3) is 0.308. The van der Waals surface area contributed by atoms with E-state index >= 15 is 0 Å². The summed E-state index contributed by atoms with van der Waals surface area (Å²) in [6, 6.07) is 11.6. The van der Waals surface area contributed by atoms with Gasteiger partial charge in [0.15, 0.2) is 11.5 Å². The molecule has 2 aromatic rings.